The number of primary amides is 1. The molecule has 0 saturated carbocycles. The summed E-state index contributed by atoms with van der Waals surface area (Å²) in [6, 6.07) is -0.194. The summed E-state index contributed by atoms with van der Waals surface area (Å²) in [5, 5.41) is 3.72. The first-order valence-corrected chi connectivity index (χ1v) is 5.49. The van der Waals surface area contributed by atoms with Crippen LogP contribution < -0.4 is 5.73 Å². The van der Waals surface area contributed by atoms with Gasteiger partial charge in [0, 0.05) is 0 Å². The number of carbonyl (C=O) groups is 1. The first-order chi connectivity index (χ1) is 7.66. The summed E-state index contributed by atoms with van der Waals surface area (Å²) in [4.78, 5) is 17.4. The summed E-state index contributed by atoms with van der Waals surface area (Å²) in [7, 11) is 0. The number of rotatable bonds is 3. The van der Waals surface area contributed by atoms with Gasteiger partial charge in [-0.15, -0.1) is 0 Å². The van der Waals surface area contributed by atoms with Gasteiger partial charge in [0.25, 0.3) is 0 Å². The predicted molar refractivity (Wildman–Crippen MR) is 56.3 cm³/mol. The Bertz CT molecular complexity index is 377. The van der Waals surface area contributed by atoms with E-state index in [1.54, 1.807) is 6.92 Å². The number of hydrogen-bond acceptors (Lipinski definition) is 5. The van der Waals surface area contributed by atoms with E-state index in [-0.39, 0.29) is 11.9 Å². The zero-order valence-electron chi connectivity index (χ0n) is 9.35. The van der Waals surface area contributed by atoms with E-state index in [1.807, 2.05) is 4.90 Å². The molecule has 1 aliphatic heterocycles. The number of aromatic nitrogens is 2. The molecule has 1 aliphatic rings. The highest BCUT2D eigenvalue weighted by atomic mass is 16.5. The molecular formula is C10H16N4O2. The van der Waals surface area contributed by atoms with E-state index in [2.05, 4.69) is 10.1 Å². The van der Waals surface area contributed by atoms with Crippen molar-refractivity contribution in [1.82, 2.24) is 15.0 Å². The Balaban J connectivity index is 2.03. The van der Waals surface area contributed by atoms with E-state index in [0.717, 1.165) is 25.8 Å². The molecule has 6 heteroatoms. The number of carbonyl (C=O) groups excluding carboxylic acids is 1. The molecule has 1 aromatic rings. The molecular weight excluding hydrogens is 208 g/mol. The minimum atomic E-state index is -0.268. The zero-order valence-corrected chi connectivity index (χ0v) is 9.35. The van der Waals surface area contributed by atoms with Crippen LogP contribution in [0, 0.1) is 6.92 Å². The van der Waals surface area contributed by atoms with Gasteiger partial charge in [-0.1, -0.05) is 11.6 Å². The molecule has 88 valence electrons. The Hall–Kier alpha value is -1.43. The second-order valence-electron chi connectivity index (χ2n) is 4.12. The molecule has 16 heavy (non-hydrogen) atoms. The van der Waals surface area contributed by atoms with Gasteiger partial charge in [0.05, 0.1) is 12.6 Å². The van der Waals surface area contributed by atoms with E-state index in [1.165, 1.54) is 0 Å². The minimum Gasteiger partial charge on any atom is -0.368 e. The number of amides is 1. The van der Waals surface area contributed by atoms with Gasteiger partial charge >= 0.3 is 0 Å². The van der Waals surface area contributed by atoms with Gasteiger partial charge in [-0.05, 0) is 26.3 Å². The van der Waals surface area contributed by atoms with Crippen molar-refractivity contribution in [2.24, 2.45) is 5.73 Å². The topological polar surface area (TPSA) is 85.3 Å². The molecule has 0 aliphatic carbocycles. The number of nitrogens with zero attached hydrogens (tertiary/aromatic N) is 3. The third-order valence-electron chi connectivity index (χ3n) is 2.85. The Morgan fingerprint density at radius 2 is 2.44 bits per heavy atom. The van der Waals surface area contributed by atoms with Crippen LogP contribution in [0.2, 0.25) is 0 Å². The van der Waals surface area contributed by atoms with Gasteiger partial charge in [0.2, 0.25) is 11.8 Å². The van der Waals surface area contributed by atoms with Gasteiger partial charge in [-0.3, -0.25) is 9.69 Å². The molecule has 1 fully saturated rings. The highest BCUT2D eigenvalue weighted by molar-refractivity contribution is 5.79. The maximum atomic E-state index is 11.3. The minimum absolute atomic E-state index is 0.194. The lowest BCUT2D eigenvalue weighted by Gasteiger charge is -2.32. The first-order valence-electron chi connectivity index (χ1n) is 5.49. The second kappa shape index (κ2) is 4.61. The maximum Gasteiger partial charge on any atom is 0.240 e. The first kappa shape index (κ1) is 11.1. The van der Waals surface area contributed by atoms with Crippen LogP contribution in [0.3, 0.4) is 0 Å². The highest BCUT2D eigenvalue weighted by Gasteiger charge is 2.27. The molecule has 0 spiro atoms. The monoisotopic (exact) mass is 224 g/mol. The fourth-order valence-electron chi connectivity index (χ4n) is 2.08. The summed E-state index contributed by atoms with van der Waals surface area (Å²) in [6.45, 7) is 3.14. The normalized spacial score (nSPS) is 22.2. The smallest absolute Gasteiger partial charge is 0.240 e. The van der Waals surface area contributed by atoms with Crippen LogP contribution in [0.5, 0.6) is 0 Å². The average molecular weight is 224 g/mol. The molecule has 2 N–H and O–H groups in total. The Morgan fingerprint density at radius 1 is 1.62 bits per heavy atom. The number of piperidine rings is 1. The summed E-state index contributed by atoms with van der Waals surface area (Å²) in [5.74, 6) is 0.893. The Kier molecular flexibility index (Phi) is 3.19. The fraction of sp³-hybridized carbons (Fsp3) is 0.700. The summed E-state index contributed by atoms with van der Waals surface area (Å²) < 4.78 is 5.04. The third kappa shape index (κ3) is 2.38. The molecule has 2 rings (SSSR count). The molecule has 1 amide bonds. The van der Waals surface area contributed by atoms with Gasteiger partial charge in [0.15, 0.2) is 5.82 Å². The lowest BCUT2D eigenvalue weighted by Crippen LogP contribution is -2.47. The van der Waals surface area contributed by atoms with E-state index in [4.69, 9.17) is 10.3 Å². The number of likely N-dealkylation sites (tertiary alicyclic amines) is 1. The largest absolute Gasteiger partial charge is 0.368 e. The van der Waals surface area contributed by atoms with E-state index >= 15 is 0 Å². The quantitative estimate of drug-likeness (QED) is 0.793. The molecule has 0 bridgehead atoms. The predicted octanol–water partition coefficient (Wildman–Crippen LogP) is 0.218. The fourth-order valence-corrected chi connectivity index (χ4v) is 2.08. The average Bonchev–Trinajstić information content (AvgIpc) is 2.64. The molecule has 1 saturated heterocycles. The summed E-state index contributed by atoms with van der Waals surface area (Å²) in [6.07, 6.45) is 2.95. The Labute approximate surface area is 93.8 Å². The van der Waals surface area contributed by atoms with Crippen molar-refractivity contribution >= 4 is 5.91 Å². The van der Waals surface area contributed by atoms with Gasteiger partial charge in [-0.2, -0.15) is 4.98 Å². The molecule has 2 heterocycles. The molecule has 1 unspecified atom stereocenters. The van der Waals surface area contributed by atoms with Gasteiger partial charge < -0.3 is 10.3 Å². The Morgan fingerprint density at radius 3 is 3.06 bits per heavy atom. The summed E-state index contributed by atoms with van der Waals surface area (Å²) in [5.41, 5.74) is 5.37. The van der Waals surface area contributed by atoms with Crippen LogP contribution in [0.4, 0.5) is 0 Å². The van der Waals surface area contributed by atoms with E-state index < -0.39 is 0 Å². The SMILES string of the molecule is Cc1noc(CN2CCCCC2C(N)=O)n1. The van der Waals surface area contributed by atoms with E-state index in [0.29, 0.717) is 18.3 Å². The zero-order chi connectivity index (χ0) is 11.5. The number of nitrogens with two attached hydrogens (primary N) is 1. The van der Waals surface area contributed by atoms with Crippen LogP contribution in [0.15, 0.2) is 4.52 Å². The van der Waals surface area contributed by atoms with Crippen molar-refractivity contribution in [3.63, 3.8) is 0 Å². The third-order valence-corrected chi connectivity index (χ3v) is 2.85. The molecule has 0 aromatic carbocycles. The molecule has 0 radical (unpaired) electrons. The van der Waals surface area contributed by atoms with Crippen LogP contribution in [-0.2, 0) is 11.3 Å². The van der Waals surface area contributed by atoms with Crippen LogP contribution in [0.25, 0.3) is 0 Å². The second-order valence-corrected chi connectivity index (χ2v) is 4.12. The van der Waals surface area contributed by atoms with Gasteiger partial charge in [0.1, 0.15) is 0 Å². The lowest BCUT2D eigenvalue weighted by atomic mass is 10.0. The van der Waals surface area contributed by atoms with Crippen molar-refractivity contribution in [2.45, 2.75) is 38.8 Å². The molecule has 1 atom stereocenters. The van der Waals surface area contributed by atoms with Crippen LogP contribution in [-0.4, -0.2) is 33.5 Å². The molecule has 6 nitrogen and oxygen atoms in total. The van der Waals surface area contributed by atoms with E-state index in [9.17, 15) is 4.79 Å². The highest BCUT2D eigenvalue weighted by Crippen LogP contribution is 2.18. The van der Waals surface area contributed by atoms with Crippen molar-refractivity contribution in [3.8, 4) is 0 Å². The number of hydrogen-bond donors (Lipinski definition) is 1. The van der Waals surface area contributed by atoms with Gasteiger partial charge in [-0.25, -0.2) is 0 Å². The van der Waals surface area contributed by atoms with Crippen molar-refractivity contribution < 1.29 is 9.32 Å². The van der Waals surface area contributed by atoms with Crippen molar-refractivity contribution in [1.29, 1.82) is 0 Å². The summed E-state index contributed by atoms with van der Waals surface area (Å²) >= 11 is 0. The maximum absolute atomic E-state index is 11.3. The van der Waals surface area contributed by atoms with Crippen molar-refractivity contribution in [3.05, 3.63) is 11.7 Å². The standard InChI is InChI=1S/C10H16N4O2/c1-7-12-9(16-13-7)6-14-5-3-2-4-8(14)10(11)15/h8H,2-6H2,1H3,(H2,11,15). The number of aryl methyl sites for hydroxylation is 1. The van der Waals surface area contributed by atoms with Crippen LogP contribution in [0.1, 0.15) is 31.0 Å². The van der Waals surface area contributed by atoms with Crippen LogP contribution >= 0.6 is 0 Å². The van der Waals surface area contributed by atoms with Crippen molar-refractivity contribution in [2.75, 3.05) is 6.54 Å². The molecule has 1 aromatic heterocycles. The lowest BCUT2D eigenvalue weighted by molar-refractivity contribution is -0.124.